The lowest BCUT2D eigenvalue weighted by Gasteiger charge is -2.18. The summed E-state index contributed by atoms with van der Waals surface area (Å²) in [7, 11) is -3.19. The number of benzene rings is 2. The molecule has 0 atom stereocenters. The van der Waals surface area contributed by atoms with Crippen LogP contribution in [0.25, 0.3) is 21.7 Å². The largest absolute Gasteiger partial charge is 0.336 e. The second kappa shape index (κ2) is 6.79. The summed E-state index contributed by atoms with van der Waals surface area (Å²) in [6.07, 6.45) is 0.181. The third-order valence-corrected chi connectivity index (χ3v) is 5.67. The number of aromatic nitrogens is 1. The summed E-state index contributed by atoms with van der Waals surface area (Å²) < 4.78 is 23.7. The van der Waals surface area contributed by atoms with E-state index in [2.05, 4.69) is 12.1 Å². The van der Waals surface area contributed by atoms with Crippen LogP contribution in [0, 0.1) is 0 Å². The van der Waals surface area contributed by atoms with E-state index in [1.54, 1.807) is 0 Å². The first-order valence-electron chi connectivity index (χ1n) is 7.81. The zero-order valence-corrected chi connectivity index (χ0v) is 14.3. The van der Waals surface area contributed by atoms with Gasteiger partial charge in [-0.2, -0.15) is 0 Å². The second-order valence-electron chi connectivity index (χ2n) is 5.23. The molecule has 0 saturated heterocycles. The van der Waals surface area contributed by atoms with Crippen molar-refractivity contribution in [2.24, 2.45) is 0 Å². The third-order valence-electron chi connectivity index (χ3n) is 3.68. The molecule has 23 heavy (non-hydrogen) atoms. The first kappa shape index (κ1) is 16.1. The minimum absolute atomic E-state index is 0.181. The molecule has 0 unspecified atom stereocenters. The summed E-state index contributed by atoms with van der Waals surface area (Å²) in [6, 6.07) is 16.0. The first-order chi connectivity index (χ1) is 11.2. The summed E-state index contributed by atoms with van der Waals surface area (Å²) in [5.41, 5.74) is 1.64. The number of pyridine rings is 1. The molecule has 0 aliphatic rings. The van der Waals surface area contributed by atoms with E-state index in [0.29, 0.717) is 13.2 Å². The van der Waals surface area contributed by atoms with Gasteiger partial charge < -0.3 is 9.05 Å². The van der Waals surface area contributed by atoms with E-state index in [0.717, 1.165) is 27.4 Å². The fourth-order valence-electron chi connectivity index (χ4n) is 2.80. The van der Waals surface area contributed by atoms with Crippen molar-refractivity contribution in [1.29, 1.82) is 0 Å². The maximum atomic E-state index is 12.9. The molecule has 0 fully saturated rings. The molecule has 0 radical (unpaired) electrons. The maximum Gasteiger partial charge on any atom is 0.336 e. The molecule has 1 aromatic heterocycles. The lowest BCUT2D eigenvalue weighted by molar-refractivity contribution is 0.219. The molecular weight excluding hydrogens is 309 g/mol. The number of hydrogen-bond acceptors (Lipinski definition) is 4. The van der Waals surface area contributed by atoms with Crippen LogP contribution >= 0.6 is 7.60 Å². The van der Waals surface area contributed by atoms with Crippen LogP contribution in [-0.2, 0) is 19.8 Å². The normalized spacial score (nSPS) is 12.1. The first-order valence-corrected chi connectivity index (χ1v) is 9.54. The lowest BCUT2D eigenvalue weighted by atomic mass is 10.0. The Bertz CT molecular complexity index is 868. The number of hydrogen-bond donors (Lipinski definition) is 0. The number of fused-ring (bicyclic) bond motifs is 3. The van der Waals surface area contributed by atoms with E-state index in [1.807, 2.05) is 50.2 Å². The van der Waals surface area contributed by atoms with Crippen LogP contribution in [0.1, 0.15) is 19.5 Å². The SMILES string of the molecule is CCOP(=O)(Cc1nc2ccccc2c2ccccc12)OCC. The minimum atomic E-state index is -3.19. The molecule has 0 aliphatic carbocycles. The second-order valence-corrected chi connectivity index (χ2v) is 7.28. The molecule has 0 N–H and O–H groups in total. The van der Waals surface area contributed by atoms with Gasteiger partial charge in [-0.25, -0.2) is 0 Å². The number of rotatable bonds is 6. The molecule has 3 rings (SSSR count). The third kappa shape index (κ3) is 3.30. The van der Waals surface area contributed by atoms with E-state index in [-0.39, 0.29) is 6.16 Å². The summed E-state index contributed by atoms with van der Waals surface area (Å²) >= 11 is 0. The Morgan fingerprint density at radius 3 is 2.09 bits per heavy atom. The highest BCUT2D eigenvalue weighted by atomic mass is 31.2. The van der Waals surface area contributed by atoms with E-state index in [1.165, 1.54) is 0 Å². The highest BCUT2D eigenvalue weighted by Crippen LogP contribution is 2.51. The fraction of sp³-hybridized carbons (Fsp3) is 0.278. The van der Waals surface area contributed by atoms with E-state index < -0.39 is 7.60 Å². The van der Waals surface area contributed by atoms with Gasteiger partial charge in [-0.05, 0) is 25.3 Å². The van der Waals surface area contributed by atoms with Crippen LogP contribution in [0.3, 0.4) is 0 Å². The van der Waals surface area contributed by atoms with Gasteiger partial charge in [0.15, 0.2) is 0 Å². The zero-order valence-electron chi connectivity index (χ0n) is 13.4. The number of para-hydroxylation sites is 1. The van der Waals surface area contributed by atoms with Crippen LogP contribution in [0.15, 0.2) is 48.5 Å². The summed E-state index contributed by atoms with van der Waals surface area (Å²) in [5.74, 6) is 0. The molecule has 0 spiro atoms. The Balaban J connectivity index is 2.17. The average Bonchev–Trinajstić information content (AvgIpc) is 2.55. The Hall–Kier alpha value is -1.74. The van der Waals surface area contributed by atoms with Crippen molar-refractivity contribution in [1.82, 2.24) is 4.98 Å². The van der Waals surface area contributed by atoms with E-state index >= 15 is 0 Å². The van der Waals surface area contributed by atoms with Crippen LogP contribution in [0.5, 0.6) is 0 Å². The molecule has 5 heteroatoms. The lowest BCUT2D eigenvalue weighted by Crippen LogP contribution is -2.01. The molecule has 2 aromatic carbocycles. The van der Waals surface area contributed by atoms with Crippen molar-refractivity contribution < 1.29 is 13.6 Å². The van der Waals surface area contributed by atoms with Gasteiger partial charge in [0.25, 0.3) is 0 Å². The van der Waals surface area contributed by atoms with Crippen molar-refractivity contribution in [3.05, 3.63) is 54.2 Å². The zero-order chi connectivity index (χ0) is 16.3. The van der Waals surface area contributed by atoms with Gasteiger partial charge in [-0.3, -0.25) is 9.55 Å². The molecule has 3 aromatic rings. The van der Waals surface area contributed by atoms with Gasteiger partial charge in [0.2, 0.25) is 0 Å². The Labute approximate surface area is 136 Å². The molecule has 0 saturated carbocycles. The molecule has 4 nitrogen and oxygen atoms in total. The topological polar surface area (TPSA) is 48.4 Å². The van der Waals surface area contributed by atoms with Crippen LogP contribution in [-0.4, -0.2) is 18.2 Å². The molecule has 0 bridgehead atoms. The predicted molar refractivity (Wildman–Crippen MR) is 93.8 cm³/mol. The standard InChI is InChI=1S/C18H20NO3P/c1-3-21-23(20,22-4-2)13-18-16-11-6-5-9-14(16)15-10-7-8-12-17(15)19-18/h5-12H,3-4,13H2,1-2H3. The average molecular weight is 329 g/mol. The maximum absolute atomic E-state index is 12.9. The molecule has 0 amide bonds. The predicted octanol–water partition coefficient (Wildman–Crippen LogP) is 5.15. The molecule has 0 aliphatic heterocycles. The summed E-state index contributed by atoms with van der Waals surface area (Å²) in [6.45, 7) is 4.33. The van der Waals surface area contributed by atoms with Crippen molar-refractivity contribution in [3.8, 4) is 0 Å². The monoisotopic (exact) mass is 329 g/mol. The number of nitrogens with zero attached hydrogens (tertiary/aromatic N) is 1. The highest BCUT2D eigenvalue weighted by Gasteiger charge is 2.26. The van der Waals surface area contributed by atoms with Crippen molar-refractivity contribution >= 4 is 29.3 Å². The molecule has 120 valence electrons. The van der Waals surface area contributed by atoms with E-state index in [4.69, 9.17) is 14.0 Å². The van der Waals surface area contributed by atoms with Crippen molar-refractivity contribution in [2.75, 3.05) is 13.2 Å². The highest BCUT2D eigenvalue weighted by molar-refractivity contribution is 7.53. The Morgan fingerprint density at radius 1 is 0.870 bits per heavy atom. The van der Waals surface area contributed by atoms with Crippen LogP contribution in [0.4, 0.5) is 0 Å². The van der Waals surface area contributed by atoms with Gasteiger partial charge >= 0.3 is 7.60 Å². The van der Waals surface area contributed by atoms with Gasteiger partial charge in [-0.15, -0.1) is 0 Å². The fourth-order valence-corrected chi connectivity index (χ4v) is 4.45. The molecular formula is C18H20NO3P. The summed E-state index contributed by atoms with van der Waals surface area (Å²) in [4.78, 5) is 4.72. The Morgan fingerprint density at radius 2 is 1.43 bits per heavy atom. The van der Waals surface area contributed by atoms with Gasteiger partial charge in [0.05, 0.1) is 30.6 Å². The smallest absolute Gasteiger partial charge is 0.309 e. The van der Waals surface area contributed by atoms with Crippen molar-refractivity contribution in [2.45, 2.75) is 20.0 Å². The van der Waals surface area contributed by atoms with Crippen LogP contribution < -0.4 is 0 Å². The van der Waals surface area contributed by atoms with Crippen molar-refractivity contribution in [3.63, 3.8) is 0 Å². The van der Waals surface area contributed by atoms with Gasteiger partial charge in [-0.1, -0.05) is 42.5 Å². The quantitative estimate of drug-likeness (QED) is 0.463. The Kier molecular flexibility index (Phi) is 4.76. The van der Waals surface area contributed by atoms with Crippen LogP contribution in [0.2, 0.25) is 0 Å². The van der Waals surface area contributed by atoms with Gasteiger partial charge in [0.1, 0.15) is 0 Å². The minimum Gasteiger partial charge on any atom is -0.309 e. The van der Waals surface area contributed by atoms with Gasteiger partial charge in [0, 0.05) is 10.8 Å². The molecule has 1 heterocycles. The summed E-state index contributed by atoms with van der Waals surface area (Å²) in [5, 5.41) is 3.19. The van der Waals surface area contributed by atoms with E-state index in [9.17, 15) is 4.57 Å².